The van der Waals surface area contributed by atoms with Gasteiger partial charge >= 0.3 is 0 Å². The van der Waals surface area contributed by atoms with Crippen LogP contribution in [-0.2, 0) is 4.79 Å². The lowest BCUT2D eigenvalue weighted by Crippen LogP contribution is -2.49. The molecule has 1 aromatic carbocycles. The molecule has 26 heavy (non-hydrogen) atoms. The van der Waals surface area contributed by atoms with Gasteiger partial charge in [0.2, 0.25) is 11.7 Å². The van der Waals surface area contributed by atoms with E-state index in [0.717, 1.165) is 37.4 Å². The van der Waals surface area contributed by atoms with Gasteiger partial charge in [-0.15, -0.1) is 0 Å². The van der Waals surface area contributed by atoms with E-state index >= 15 is 0 Å². The summed E-state index contributed by atoms with van der Waals surface area (Å²) in [7, 11) is 0. The van der Waals surface area contributed by atoms with Gasteiger partial charge in [-0.05, 0) is 37.6 Å². The first kappa shape index (κ1) is 18.4. The Morgan fingerprint density at radius 2 is 1.73 bits per heavy atom. The number of piperazine rings is 1. The van der Waals surface area contributed by atoms with Crippen molar-refractivity contribution in [3.05, 3.63) is 53.5 Å². The Morgan fingerprint density at radius 3 is 2.35 bits per heavy atom. The van der Waals surface area contributed by atoms with Crippen LogP contribution in [-0.4, -0.2) is 60.8 Å². The third-order valence-corrected chi connectivity index (χ3v) is 4.65. The monoisotopic (exact) mass is 355 g/mol. The van der Waals surface area contributed by atoms with Gasteiger partial charge in [-0.25, -0.2) is 0 Å². The van der Waals surface area contributed by atoms with E-state index in [-0.39, 0.29) is 11.7 Å². The van der Waals surface area contributed by atoms with E-state index in [1.54, 1.807) is 12.1 Å². The van der Waals surface area contributed by atoms with Gasteiger partial charge in [0.15, 0.2) is 5.76 Å². The highest BCUT2D eigenvalue weighted by Gasteiger charge is 2.22. The molecule has 1 aromatic heterocycles. The maximum absolute atomic E-state index is 12.3. The molecule has 2 heterocycles. The minimum absolute atomic E-state index is 0.00272. The second-order valence-corrected chi connectivity index (χ2v) is 6.82. The fourth-order valence-electron chi connectivity index (χ4n) is 3.17. The van der Waals surface area contributed by atoms with Crippen LogP contribution >= 0.6 is 0 Å². The summed E-state index contributed by atoms with van der Waals surface area (Å²) in [6, 6.07) is 9.41. The normalized spacial score (nSPS) is 15.8. The molecule has 0 saturated carbocycles. The highest BCUT2D eigenvalue weighted by molar-refractivity contribution is 5.95. The first-order valence-corrected chi connectivity index (χ1v) is 8.90. The van der Waals surface area contributed by atoms with E-state index in [1.807, 2.05) is 26.0 Å². The minimum Gasteiger partial charge on any atom is -0.461 e. The number of amides is 1. The molecule has 1 amide bonds. The first-order chi connectivity index (χ1) is 12.5. The van der Waals surface area contributed by atoms with Crippen LogP contribution in [0.3, 0.4) is 0 Å². The van der Waals surface area contributed by atoms with Crippen molar-refractivity contribution in [3.8, 4) is 0 Å². The molecule has 3 rings (SSSR count). The number of nitrogens with one attached hydrogen (secondary N) is 1. The number of ketones is 1. The van der Waals surface area contributed by atoms with E-state index in [9.17, 15) is 9.59 Å². The fraction of sp³-hybridized carbons (Fsp3) is 0.400. The van der Waals surface area contributed by atoms with Gasteiger partial charge in [0.05, 0.1) is 19.4 Å². The zero-order valence-corrected chi connectivity index (χ0v) is 15.3. The third kappa shape index (κ3) is 4.80. The number of rotatable bonds is 6. The Bertz CT molecular complexity index is 763. The Balaban J connectivity index is 1.43. The van der Waals surface area contributed by atoms with Crippen LogP contribution in [0.5, 0.6) is 0 Å². The maximum Gasteiger partial charge on any atom is 0.238 e. The number of carbonyl (C=O) groups is 2. The molecule has 1 saturated heterocycles. The van der Waals surface area contributed by atoms with E-state index in [4.69, 9.17) is 4.42 Å². The molecule has 0 unspecified atom stereocenters. The van der Waals surface area contributed by atoms with Crippen LogP contribution in [0, 0.1) is 13.8 Å². The average molecular weight is 355 g/mol. The number of carbonyl (C=O) groups excluding carboxylic acids is 2. The number of benzene rings is 1. The summed E-state index contributed by atoms with van der Waals surface area (Å²) < 4.78 is 5.14. The SMILES string of the molecule is Cc1ccc(NC(=O)CN2CCN(CC(=O)c3ccco3)CC2)c(C)c1. The standard InChI is InChI=1S/C20H25N3O3/c1-15-5-6-17(16(2)12-15)21-20(25)14-23-9-7-22(8-10-23)13-18(24)19-4-3-11-26-19/h3-6,11-12H,7-10,13-14H2,1-2H3,(H,21,25). The molecule has 0 bridgehead atoms. The van der Waals surface area contributed by atoms with E-state index < -0.39 is 0 Å². The summed E-state index contributed by atoms with van der Waals surface area (Å²) in [4.78, 5) is 28.6. The quantitative estimate of drug-likeness (QED) is 0.806. The molecule has 1 fully saturated rings. The molecule has 138 valence electrons. The van der Waals surface area contributed by atoms with Crippen LogP contribution in [0.15, 0.2) is 41.0 Å². The van der Waals surface area contributed by atoms with E-state index in [2.05, 4.69) is 21.2 Å². The zero-order valence-electron chi connectivity index (χ0n) is 15.3. The van der Waals surface area contributed by atoms with Crippen molar-refractivity contribution in [2.24, 2.45) is 0 Å². The molecule has 0 radical (unpaired) electrons. The van der Waals surface area contributed by atoms with Crippen molar-refractivity contribution in [2.45, 2.75) is 13.8 Å². The number of Topliss-reactive ketones (excluding diaryl/α,β-unsaturated/α-hetero) is 1. The molecular weight excluding hydrogens is 330 g/mol. The lowest BCUT2D eigenvalue weighted by molar-refractivity contribution is -0.117. The molecular formula is C20H25N3O3. The summed E-state index contributed by atoms with van der Waals surface area (Å²) in [5, 5.41) is 2.99. The number of furan rings is 1. The van der Waals surface area contributed by atoms with Crippen LogP contribution < -0.4 is 5.32 Å². The first-order valence-electron chi connectivity index (χ1n) is 8.90. The van der Waals surface area contributed by atoms with Gasteiger partial charge < -0.3 is 9.73 Å². The van der Waals surface area contributed by atoms with Crippen molar-refractivity contribution in [3.63, 3.8) is 0 Å². The van der Waals surface area contributed by atoms with E-state index in [1.165, 1.54) is 11.8 Å². The van der Waals surface area contributed by atoms with Crippen molar-refractivity contribution < 1.29 is 14.0 Å². The summed E-state index contributed by atoms with van der Waals surface area (Å²) in [6.07, 6.45) is 1.51. The van der Waals surface area contributed by atoms with Crippen molar-refractivity contribution >= 4 is 17.4 Å². The molecule has 1 aliphatic rings. The maximum atomic E-state index is 12.3. The molecule has 0 aliphatic carbocycles. The minimum atomic E-state index is -0.00367. The average Bonchev–Trinajstić information content (AvgIpc) is 3.14. The third-order valence-electron chi connectivity index (χ3n) is 4.65. The molecule has 1 aliphatic heterocycles. The lowest BCUT2D eigenvalue weighted by Gasteiger charge is -2.33. The van der Waals surface area contributed by atoms with E-state index in [0.29, 0.717) is 18.8 Å². The Hall–Kier alpha value is -2.44. The summed E-state index contributed by atoms with van der Waals surface area (Å²) in [5.41, 5.74) is 3.11. The molecule has 6 nitrogen and oxygen atoms in total. The van der Waals surface area contributed by atoms with Gasteiger partial charge in [0.25, 0.3) is 0 Å². The van der Waals surface area contributed by atoms with Crippen LogP contribution in [0.2, 0.25) is 0 Å². The van der Waals surface area contributed by atoms with Crippen LogP contribution in [0.4, 0.5) is 5.69 Å². The highest BCUT2D eigenvalue weighted by Crippen LogP contribution is 2.16. The zero-order chi connectivity index (χ0) is 18.5. The summed E-state index contributed by atoms with van der Waals surface area (Å²) in [5.74, 6) is 0.397. The molecule has 0 atom stereocenters. The topological polar surface area (TPSA) is 65.8 Å². The van der Waals surface area contributed by atoms with Crippen LogP contribution in [0.25, 0.3) is 0 Å². The van der Waals surface area contributed by atoms with Gasteiger partial charge in [0, 0.05) is 31.9 Å². The summed E-state index contributed by atoms with van der Waals surface area (Å²) in [6.45, 7) is 7.83. The Kier molecular flexibility index (Phi) is 5.85. The highest BCUT2D eigenvalue weighted by atomic mass is 16.3. The molecule has 1 N–H and O–H groups in total. The molecule has 6 heteroatoms. The second kappa shape index (κ2) is 8.29. The molecule has 2 aromatic rings. The number of nitrogens with zero attached hydrogens (tertiary/aromatic N) is 2. The smallest absolute Gasteiger partial charge is 0.238 e. The predicted octanol–water partition coefficient (Wildman–Crippen LogP) is 2.34. The summed E-state index contributed by atoms with van der Waals surface area (Å²) >= 11 is 0. The van der Waals surface area contributed by atoms with Gasteiger partial charge in [-0.3, -0.25) is 19.4 Å². The van der Waals surface area contributed by atoms with Crippen molar-refractivity contribution in [1.82, 2.24) is 9.80 Å². The second-order valence-electron chi connectivity index (χ2n) is 6.82. The number of anilines is 1. The Labute approximate surface area is 153 Å². The number of aryl methyl sites for hydroxylation is 2. The van der Waals surface area contributed by atoms with Gasteiger partial charge in [0.1, 0.15) is 0 Å². The molecule has 0 spiro atoms. The number of hydrogen-bond donors (Lipinski definition) is 1. The van der Waals surface area contributed by atoms with Gasteiger partial charge in [-0.1, -0.05) is 17.7 Å². The predicted molar refractivity (Wildman–Crippen MR) is 100 cm³/mol. The Morgan fingerprint density at radius 1 is 1.04 bits per heavy atom. The fourth-order valence-corrected chi connectivity index (χ4v) is 3.17. The van der Waals surface area contributed by atoms with Crippen LogP contribution in [0.1, 0.15) is 21.7 Å². The largest absolute Gasteiger partial charge is 0.461 e. The lowest BCUT2D eigenvalue weighted by atomic mass is 10.1. The van der Waals surface area contributed by atoms with Gasteiger partial charge in [-0.2, -0.15) is 0 Å². The number of hydrogen-bond acceptors (Lipinski definition) is 5. The van der Waals surface area contributed by atoms with Crippen molar-refractivity contribution in [2.75, 3.05) is 44.6 Å². The van der Waals surface area contributed by atoms with Crippen molar-refractivity contribution in [1.29, 1.82) is 0 Å².